The van der Waals surface area contributed by atoms with E-state index in [-0.39, 0.29) is 10.8 Å². The van der Waals surface area contributed by atoms with Gasteiger partial charge in [-0.25, -0.2) is 13.1 Å². The summed E-state index contributed by atoms with van der Waals surface area (Å²) in [5.74, 6) is 0.486. The van der Waals surface area contributed by atoms with Gasteiger partial charge in [-0.1, -0.05) is 13.8 Å². The average Bonchev–Trinajstić information content (AvgIpc) is 1.79. The van der Waals surface area contributed by atoms with Crippen molar-refractivity contribution < 1.29 is 8.42 Å². The highest BCUT2D eigenvalue weighted by molar-refractivity contribution is 7.90. The third kappa shape index (κ3) is 4.96. The van der Waals surface area contributed by atoms with E-state index in [4.69, 9.17) is 0 Å². The fourth-order valence-electron chi connectivity index (χ4n) is 1.57. The van der Waals surface area contributed by atoms with E-state index in [0.29, 0.717) is 5.92 Å². The first-order valence-electron chi connectivity index (χ1n) is 5.09. The molecule has 0 saturated carbocycles. The van der Waals surface area contributed by atoms with E-state index in [0.717, 1.165) is 6.42 Å². The molecule has 86 valence electrons. The van der Waals surface area contributed by atoms with Crippen molar-refractivity contribution in [2.75, 3.05) is 0 Å². The second kappa shape index (κ2) is 4.62. The fraction of sp³-hybridized carbons (Fsp3) is 1.00. The van der Waals surface area contributed by atoms with Crippen molar-refractivity contribution >= 4 is 10.0 Å². The van der Waals surface area contributed by atoms with Crippen molar-refractivity contribution in [3.63, 3.8) is 0 Å². The summed E-state index contributed by atoms with van der Waals surface area (Å²) in [6, 6.07) is 0. The van der Waals surface area contributed by atoms with E-state index < -0.39 is 10.0 Å². The molecule has 14 heavy (non-hydrogen) atoms. The molecule has 0 aliphatic rings. The quantitative estimate of drug-likeness (QED) is 0.773. The first kappa shape index (κ1) is 13.9. The lowest BCUT2D eigenvalue weighted by atomic mass is 9.94. The summed E-state index contributed by atoms with van der Waals surface area (Å²) in [4.78, 5) is 0. The Morgan fingerprint density at radius 1 is 1.14 bits per heavy atom. The smallest absolute Gasteiger partial charge is 0.212 e. The Bertz CT molecular complexity index is 266. The molecule has 0 aromatic rings. The minimum atomic E-state index is -3.15. The lowest BCUT2D eigenvalue weighted by molar-refractivity contribution is 0.364. The molecule has 3 nitrogen and oxygen atoms in total. The summed E-state index contributed by atoms with van der Waals surface area (Å²) >= 11 is 0. The van der Waals surface area contributed by atoms with E-state index >= 15 is 0 Å². The Morgan fingerprint density at radius 2 is 1.57 bits per heavy atom. The van der Waals surface area contributed by atoms with Crippen molar-refractivity contribution in [2.45, 2.75) is 58.8 Å². The van der Waals surface area contributed by atoms with Crippen LogP contribution in [0.15, 0.2) is 0 Å². The van der Waals surface area contributed by atoms with Gasteiger partial charge in [0, 0.05) is 5.54 Å². The first-order chi connectivity index (χ1) is 6.07. The normalized spacial score (nSPS) is 14.0. The van der Waals surface area contributed by atoms with E-state index in [1.807, 2.05) is 13.8 Å². The van der Waals surface area contributed by atoms with Crippen molar-refractivity contribution in [1.82, 2.24) is 4.72 Å². The van der Waals surface area contributed by atoms with Gasteiger partial charge in [-0.05, 0) is 40.0 Å². The highest BCUT2D eigenvalue weighted by Gasteiger charge is 2.27. The summed E-state index contributed by atoms with van der Waals surface area (Å²) in [5, 5.41) is -0.367. The Hall–Kier alpha value is -0.0900. The Labute approximate surface area is 88.3 Å². The molecule has 4 heteroatoms. The molecule has 0 amide bonds. The predicted molar refractivity (Wildman–Crippen MR) is 60.7 cm³/mol. The SMILES string of the molecule is CC(C)CC(C)(C)NS(=O)(=O)C(C)C. The monoisotopic (exact) mass is 221 g/mol. The molecule has 0 atom stereocenters. The first-order valence-corrected chi connectivity index (χ1v) is 6.64. The van der Waals surface area contributed by atoms with Crippen molar-refractivity contribution in [3.05, 3.63) is 0 Å². The van der Waals surface area contributed by atoms with Gasteiger partial charge < -0.3 is 0 Å². The Morgan fingerprint density at radius 3 is 1.86 bits per heavy atom. The lowest BCUT2D eigenvalue weighted by Crippen LogP contribution is -2.46. The molecule has 0 radical (unpaired) electrons. The summed E-state index contributed by atoms with van der Waals surface area (Å²) in [7, 11) is -3.15. The van der Waals surface area contributed by atoms with Crippen LogP contribution >= 0.6 is 0 Å². The maximum atomic E-state index is 11.6. The molecule has 0 saturated heterocycles. The molecule has 0 aliphatic heterocycles. The molecule has 0 bridgehead atoms. The van der Waals surface area contributed by atoms with Gasteiger partial charge in [-0.2, -0.15) is 0 Å². The maximum Gasteiger partial charge on any atom is 0.214 e. The fourth-order valence-corrected chi connectivity index (χ4v) is 2.65. The van der Waals surface area contributed by atoms with Crippen LogP contribution in [0, 0.1) is 5.92 Å². The Balaban J connectivity index is 4.51. The Kier molecular flexibility index (Phi) is 4.59. The van der Waals surface area contributed by atoms with E-state index in [1.54, 1.807) is 13.8 Å². The van der Waals surface area contributed by atoms with Gasteiger partial charge in [0.05, 0.1) is 5.25 Å². The van der Waals surface area contributed by atoms with Crippen molar-refractivity contribution in [1.29, 1.82) is 0 Å². The molecular formula is C10H23NO2S. The minimum absolute atomic E-state index is 0.350. The second-order valence-electron chi connectivity index (χ2n) is 5.18. The third-order valence-electron chi connectivity index (χ3n) is 1.96. The van der Waals surface area contributed by atoms with Gasteiger partial charge >= 0.3 is 0 Å². The highest BCUT2D eigenvalue weighted by atomic mass is 32.2. The van der Waals surface area contributed by atoms with Crippen LogP contribution in [-0.2, 0) is 10.0 Å². The van der Waals surface area contributed by atoms with E-state index in [1.165, 1.54) is 0 Å². The predicted octanol–water partition coefficient (Wildman–Crippen LogP) is 2.14. The van der Waals surface area contributed by atoms with Crippen LogP contribution < -0.4 is 4.72 Å². The molecule has 0 heterocycles. The molecule has 0 fully saturated rings. The summed E-state index contributed by atoms with van der Waals surface area (Å²) in [5.41, 5.74) is -0.350. The van der Waals surface area contributed by atoms with Gasteiger partial charge in [-0.3, -0.25) is 0 Å². The molecule has 0 aromatic carbocycles. The molecule has 1 N–H and O–H groups in total. The zero-order valence-corrected chi connectivity index (χ0v) is 10.9. The number of hydrogen-bond donors (Lipinski definition) is 1. The second-order valence-corrected chi connectivity index (χ2v) is 7.41. The summed E-state index contributed by atoms with van der Waals surface area (Å²) in [6.07, 6.45) is 0.846. The van der Waals surface area contributed by atoms with Gasteiger partial charge in [0.25, 0.3) is 0 Å². The molecule has 0 rings (SSSR count). The van der Waals surface area contributed by atoms with Crippen LogP contribution in [0.2, 0.25) is 0 Å². The van der Waals surface area contributed by atoms with Crippen LogP contribution in [-0.4, -0.2) is 19.2 Å². The van der Waals surface area contributed by atoms with Crippen LogP contribution in [0.25, 0.3) is 0 Å². The van der Waals surface area contributed by atoms with E-state index in [9.17, 15) is 8.42 Å². The minimum Gasteiger partial charge on any atom is -0.212 e. The largest absolute Gasteiger partial charge is 0.214 e. The number of hydrogen-bond acceptors (Lipinski definition) is 2. The number of rotatable bonds is 5. The molecule has 0 spiro atoms. The number of nitrogens with one attached hydrogen (secondary N) is 1. The summed E-state index contributed by atoms with van der Waals surface area (Å²) in [6.45, 7) is 11.4. The molecule has 0 aromatic heterocycles. The zero-order chi connectivity index (χ0) is 11.6. The lowest BCUT2D eigenvalue weighted by Gasteiger charge is -2.28. The van der Waals surface area contributed by atoms with Gasteiger partial charge in [-0.15, -0.1) is 0 Å². The molecular weight excluding hydrogens is 198 g/mol. The van der Waals surface area contributed by atoms with Gasteiger partial charge in [0.1, 0.15) is 0 Å². The van der Waals surface area contributed by atoms with Crippen LogP contribution in [0.4, 0.5) is 0 Å². The number of sulfonamides is 1. The average molecular weight is 221 g/mol. The standard InChI is InChI=1S/C10H23NO2S/c1-8(2)7-10(5,6)11-14(12,13)9(3)4/h8-9,11H,7H2,1-6H3. The maximum absolute atomic E-state index is 11.6. The highest BCUT2D eigenvalue weighted by Crippen LogP contribution is 2.17. The van der Waals surface area contributed by atoms with Crippen LogP contribution in [0.5, 0.6) is 0 Å². The third-order valence-corrected chi connectivity index (χ3v) is 4.04. The van der Waals surface area contributed by atoms with Crippen LogP contribution in [0.1, 0.15) is 48.0 Å². The molecule has 0 unspecified atom stereocenters. The van der Waals surface area contributed by atoms with Crippen molar-refractivity contribution in [2.24, 2.45) is 5.92 Å². The van der Waals surface area contributed by atoms with E-state index in [2.05, 4.69) is 18.6 Å². The topological polar surface area (TPSA) is 46.2 Å². The van der Waals surface area contributed by atoms with Crippen LogP contribution in [0.3, 0.4) is 0 Å². The van der Waals surface area contributed by atoms with Gasteiger partial charge in [0.15, 0.2) is 0 Å². The van der Waals surface area contributed by atoms with Crippen molar-refractivity contribution in [3.8, 4) is 0 Å². The molecule has 0 aliphatic carbocycles. The zero-order valence-electron chi connectivity index (χ0n) is 10.1. The van der Waals surface area contributed by atoms with Gasteiger partial charge in [0.2, 0.25) is 10.0 Å². The summed E-state index contributed by atoms with van der Waals surface area (Å²) < 4.78 is 26.0.